The summed E-state index contributed by atoms with van der Waals surface area (Å²) in [7, 11) is 0. The number of phenols is 1. The van der Waals surface area contributed by atoms with Crippen LogP contribution in [0.25, 0.3) is 0 Å². The lowest BCUT2D eigenvalue weighted by Gasteiger charge is -2.29. The molecular weight excluding hydrogens is 1430 g/mol. The largest absolute Gasteiger partial charge is 0.508 e. The minimum Gasteiger partial charge on any atom is -0.508 e. The second kappa shape index (κ2) is 49.1. The molecule has 0 aliphatic heterocycles. The van der Waals surface area contributed by atoms with Crippen LogP contribution in [-0.4, -0.2) is 230 Å². The fraction of sp³-hybridized carbons (Fsp3) is 0.667. The number of nitrogens with zero attached hydrogens (tertiary/aromatic N) is 1. The smallest absolute Gasteiger partial charge is 0.326 e. The summed E-state index contributed by atoms with van der Waals surface area (Å²) >= 11 is 1.20. The zero-order valence-corrected chi connectivity index (χ0v) is 64.3. The maximum atomic E-state index is 14.4. The molecule has 39 heteroatoms. The van der Waals surface area contributed by atoms with E-state index in [1.54, 1.807) is 47.8 Å². The van der Waals surface area contributed by atoms with E-state index in [0.717, 1.165) is 0 Å². The van der Waals surface area contributed by atoms with Gasteiger partial charge in [-0.25, -0.2) is 4.79 Å². The van der Waals surface area contributed by atoms with Crippen LogP contribution in [0.15, 0.2) is 29.3 Å². The molecule has 25 N–H and O–H groups in total. The molecule has 0 aliphatic rings. The molecular formula is C69H115N17O21S. The number of carboxylic acids is 3. The van der Waals surface area contributed by atoms with E-state index in [9.17, 15) is 102 Å². The quantitative estimate of drug-likeness (QED) is 0.0170. The van der Waals surface area contributed by atoms with Crippen molar-refractivity contribution >= 4 is 112 Å². The van der Waals surface area contributed by atoms with Gasteiger partial charge in [0.2, 0.25) is 76.8 Å². The summed E-state index contributed by atoms with van der Waals surface area (Å²) in [5, 5.41) is 79.6. The van der Waals surface area contributed by atoms with E-state index in [-0.39, 0.29) is 91.8 Å². The van der Waals surface area contributed by atoms with Gasteiger partial charge >= 0.3 is 17.9 Å². The summed E-state index contributed by atoms with van der Waals surface area (Å²) in [4.78, 5) is 220. The number of primary amides is 1. The minimum atomic E-state index is -2.02. The van der Waals surface area contributed by atoms with Crippen LogP contribution in [0.4, 0.5) is 0 Å². The first-order valence-corrected chi connectivity index (χ1v) is 37.1. The number of benzene rings is 1. The van der Waals surface area contributed by atoms with Crippen LogP contribution in [0.2, 0.25) is 0 Å². The van der Waals surface area contributed by atoms with E-state index in [0.29, 0.717) is 6.42 Å². The number of nitrogens with two attached hydrogens (primary N) is 4. The summed E-state index contributed by atoms with van der Waals surface area (Å²) in [5.41, 5.74) is 22.5. The molecule has 1 aromatic rings. The number of aliphatic carboxylic acids is 3. The number of aliphatic hydroxyl groups excluding tert-OH is 1. The summed E-state index contributed by atoms with van der Waals surface area (Å²) in [6.45, 7) is 17.5. The molecule has 0 unspecified atom stereocenters. The van der Waals surface area contributed by atoms with Crippen molar-refractivity contribution in [2.45, 2.75) is 238 Å². The van der Waals surface area contributed by atoms with Crippen molar-refractivity contribution in [1.29, 1.82) is 0 Å². The van der Waals surface area contributed by atoms with Crippen LogP contribution in [0.1, 0.15) is 159 Å². The molecule has 13 atom stereocenters. The fourth-order valence-electron chi connectivity index (χ4n) is 10.6. The summed E-state index contributed by atoms with van der Waals surface area (Å²) in [6, 6.07) is -14.9. The number of rotatable bonds is 52. The van der Waals surface area contributed by atoms with Gasteiger partial charge in [-0.15, -0.1) is 0 Å². The van der Waals surface area contributed by atoms with Crippen LogP contribution < -0.4 is 86.7 Å². The van der Waals surface area contributed by atoms with Crippen molar-refractivity contribution in [3.63, 3.8) is 0 Å². The Hall–Kier alpha value is -9.92. The van der Waals surface area contributed by atoms with Crippen LogP contribution in [-0.2, 0) is 83.1 Å². The Balaban J connectivity index is 3.64. The van der Waals surface area contributed by atoms with E-state index >= 15 is 0 Å². The number of nitrogens with one attached hydrogen (secondary N) is 12. The van der Waals surface area contributed by atoms with Crippen molar-refractivity contribution in [2.75, 3.05) is 25.2 Å². The number of aromatic hydroxyl groups is 1. The van der Waals surface area contributed by atoms with E-state index in [4.69, 9.17) is 22.9 Å². The Morgan fingerprint density at radius 3 is 1.25 bits per heavy atom. The van der Waals surface area contributed by atoms with Gasteiger partial charge in [-0.3, -0.25) is 76.9 Å². The number of carbonyl (C=O) groups is 16. The highest BCUT2D eigenvalue weighted by molar-refractivity contribution is 7.98. The van der Waals surface area contributed by atoms with Crippen molar-refractivity contribution in [3.05, 3.63) is 29.8 Å². The Morgan fingerprint density at radius 2 is 0.815 bits per heavy atom. The summed E-state index contributed by atoms with van der Waals surface area (Å²) in [6.07, 6.45) is -2.28. The zero-order chi connectivity index (χ0) is 82.4. The molecule has 0 saturated carbocycles. The number of aliphatic imine (C=N–C) groups is 1. The van der Waals surface area contributed by atoms with Gasteiger partial charge in [-0.05, 0) is 124 Å². The number of carbonyl (C=O) groups excluding carboxylic acids is 13. The molecule has 0 bridgehead atoms. The minimum absolute atomic E-state index is 0.0339. The first-order chi connectivity index (χ1) is 50.4. The van der Waals surface area contributed by atoms with Crippen LogP contribution in [0, 0.1) is 29.6 Å². The maximum absolute atomic E-state index is 14.4. The third-order valence-electron chi connectivity index (χ3n) is 16.3. The maximum Gasteiger partial charge on any atom is 0.326 e. The lowest BCUT2D eigenvalue weighted by molar-refractivity contribution is -0.142. The third-order valence-corrected chi connectivity index (χ3v) is 17.0. The average Bonchev–Trinajstić information content (AvgIpc) is 0.858. The summed E-state index contributed by atoms with van der Waals surface area (Å²) in [5.74, 6) is -19.2. The molecule has 0 saturated heterocycles. The van der Waals surface area contributed by atoms with Crippen molar-refractivity contribution in [2.24, 2.45) is 57.5 Å². The second-order valence-corrected chi connectivity index (χ2v) is 29.3. The van der Waals surface area contributed by atoms with Crippen molar-refractivity contribution < 1.29 is 102 Å². The predicted octanol–water partition coefficient (Wildman–Crippen LogP) is -3.57. The highest BCUT2D eigenvalue weighted by atomic mass is 32.2. The number of phenolic OH excluding ortho intramolecular Hbond substituents is 1. The van der Waals surface area contributed by atoms with Crippen LogP contribution in [0.5, 0.6) is 5.75 Å². The highest BCUT2D eigenvalue weighted by Gasteiger charge is 2.38. The number of hydrogen-bond acceptors (Lipinski definition) is 21. The van der Waals surface area contributed by atoms with Gasteiger partial charge in [-0.1, -0.05) is 81.4 Å². The van der Waals surface area contributed by atoms with Crippen LogP contribution in [0.3, 0.4) is 0 Å². The van der Waals surface area contributed by atoms with Gasteiger partial charge in [0.25, 0.3) is 0 Å². The highest BCUT2D eigenvalue weighted by Crippen LogP contribution is 2.17. The fourth-order valence-corrected chi connectivity index (χ4v) is 11.1. The van der Waals surface area contributed by atoms with Gasteiger partial charge in [0, 0.05) is 25.8 Å². The first kappa shape index (κ1) is 96.1. The van der Waals surface area contributed by atoms with Crippen molar-refractivity contribution in [1.82, 2.24) is 63.8 Å². The number of aliphatic hydroxyl groups is 1. The molecule has 108 heavy (non-hydrogen) atoms. The third kappa shape index (κ3) is 38.1. The zero-order valence-electron chi connectivity index (χ0n) is 63.4. The standard InChI is InChI=1S/C69H115N17O21S/c1-33(2)26-41(70)57(95)81-48(29-36(7)8)65(103)86-55(37(9)10)67(105)75-38(11)56(94)80-46(27-34(3)4)62(100)84-50(31-54(92)93)64(102)83-49(30-39-15-17-40(88)18-16-39)63(101)85-51(32-87)66(104)77-42(19-21-52(71)89)58(96)78-44(23-25-108-12)60(98)76-43(20-22-53(90)91)59(97)82-47(28-35(5)6)61(99)79-45(68(106)107)14-13-24-74-69(72)73/h15-18,33-38,41-51,55,87-88H,13-14,19-32,70H2,1-12H3,(H2,71,89)(H,75,105)(H,76,98)(H,77,104)(H,78,96)(H,79,99)(H,80,94)(H,81,95)(H,82,97)(H,83,102)(H,84,100)(H,85,101)(H,86,103)(H,90,91)(H,92,93)(H,106,107)(H4,72,73,74)/t38-,41-,42-,43-,44-,45-,46-,47-,48-,49-,50-,51-,55-/m0/s1. The Labute approximate surface area is 632 Å². The Morgan fingerprint density at radius 1 is 0.426 bits per heavy atom. The molecule has 38 nitrogen and oxygen atoms in total. The van der Waals surface area contributed by atoms with Gasteiger partial charge in [0.15, 0.2) is 5.96 Å². The van der Waals surface area contributed by atoms with E-state index in [1.165, 1.54) is 43.0 Å². The average molecular weight is 1550 g/mol. The molecule has 13 amide bonds. The van der Waals surface area contributed by atoms with Gasteiger partial charge < -0.3 is 112 Å². The number of guanidine groups is 1. The molecule has 0 heterocycles. The van der Waals surface area contributed by atoms with E-state index < -0.39 is 224 Å². The number of carboxylic acid groups (broad SMARTS) is 3. The number of thioether (sulfide) groups is 1. The lowest BCUT2D eigenvalue weighted by atomic mass is 9.98. The van der Waals surface area contributed by atoms with Crippen molar-refractivity contribution in [3.8, 4) is 5.75 Å². The topological polar surface area (TPSA) is 635 Å². The monoisotopic (exact) mass is 1550 g/mol. The van der Waals surface area contributed by atoms with Gasteiger partial charge in [0.1, 0.15) is 78.3 Å². The molecule has 608 valence electrons. The van der Waals surface area contributed by atoms with Gasteiger partial charge in [0.05, 0.1) is 19.1 Å². The first-order valence-electron chi connectivity index (χ1n) is 35.7. The molecule has 0 aliphatic carbocycles. The number of amides is 13. The molecule has 1 rings (SSSR count). The van der Waals surface area contributed by atoms with E-state index in [1.807, 2.05) is 27.7 Å². The number of hydrogen-bond donors (Lipinski definition) is 21. The molecule has 0 spiro atoms. The van der Waals surface area contributed by atoms with Crippen LogP contribution >= 0.6 is 11.8 Å². The summed E-state index contributed by atoms with van der Waals surface area (Å²) < 4.78 is 0. The Kier molecular flexibility index (Phi) is 43.7. The molecule has 1 aromatic carbocycles. The predicted molar refractivity (Wildman–Crippen MR) is 396 cm³/mol. The second-order valence-electron chi connectivity index (χ2n) is 28.4. The van der Waals surface area contributed by atoms with E-state index in [2.05, 4.69) is 68.8 Å². The Bertz CT molecular complexity index is 3250. The SMILES string of the molecule is CSCC[C@H](NC(=O)[C@H](CCC(N)=O)NC(=O)[C@H](CO)NC(=O)[C@H](Cc1ccc(O)cc1)NC(=O)[C@H](CC(=O)O)NC(=O)[C@H](CC(C)C)NC(=O)[C@H](C)NC(=O)[C@@H](NC(=O)[C@H](CC(C)C)NC(=O)[C@@H](N)CC(C)C)C(C)C)C(=O)N[C@@H](CCC(=O)O)C(=O)N[C@@H](CC(C)C)C(=O)N[C@@H](CCCN=C(N)N)C(=O)O. The normalized spacial score (nSPS) is 14.9. The molecule has 0 fully saturated rings. The molecule has 0 aromatic heterocycles. The van der Waals surface area contributed by atoms with Gasteiger partial charge in [-0.2, -0.15) is 11.8 Å². The lowest BCUT2D eigenvalue weighted by Crippen LogP contribution is -2.61. The molecule has 0 radical (unpaired) electrons.